The summed E-state index contributed by atoms with van der Waals surface area (Å²) in [5.41, 5.74) is 0. The van der Waals surface area contributed by atoms with Gasteiger partial charge in [0.25, 0.3) is 5.91 Å². The zero-order valence-electron chi connectivity index (χ0n) is 7.71. The number of hydrogen-bond acceptors (Lipinski definition) is 3. The van der Waals surface area contributed by atoms with Crippen LogP contribution >= 0.6 is 0 Å². The van der Waals surface area contributed by atoms with Crippen LogP contribution in [0.5, 0.6) is 0 Å². The smallest absolute Gasteiger partial charge is 0.321 e. The molecule has 0 aliphatic heterocycles. The first kappa shape index (κ1) is 10.6. The van der Waals surface area contributed by atoms with Crippen molar-refractivity contribution in [2.24, 2.45) is 0 Å². The summed E-state index contributed by atoms with van der Waals surface area (Å²) < 4.78 is 24.9. The highest BCUT2D eigenvalue weighted by molar-refractivity contribution is 5.83. The molecule has 0 aliphatic carbocycles. The van der Waals surface area contributed by atoms with Crippen molar-refractivity contribution >= 4 is 5.91 Å². The molecule has 0 radical (unpaired) electrons. The summed E-state index contributed by atoms with van der Waals surface area (Å²) in [5.74, 6) is -4.38. The quantitative estimate of drug-likeness (QED) is 0.758. The van der Waals surface area contributed by atoms with Gasteiger partial charge in [-0.1, -0.05) is 0 Å². The Hall–Kier alpha value is -1.53. The van der Waals surface area contributed by atoms with Gasteiger partial charge in [0, 0.05) is 6.92 Å². The molecule has 0 saturated heterocycles. The molecule has 0 spiro atoms. The summed E-state index contributed by atoms with van der Waals surface area (Å²) in [5, 5.41) is 8.11. The molecule has 0 bridgehead atoms. The van der Waals surface area contributed by atoms with E-state index in [1.165, 1.54) is 13.3 Å². The fraction of sp³-hybridized carbons (Fsp3) is 0.571. The molecule has 0 aromatic carbocycles. The summed E-state index contributed by atoms with van der Waals surface area (Å²) in [6.45, 7) is 2.07. The van der Waals surface area contributed by atoms with Crippen LogP contribution < -0.4 is 5.32 Å². The Kier molecular flexibility index (Phi) is 2.78. The topological polar surface area (TPSA) is 70.7 Å². The third kappa shape index (κ3) is 2.48. The molecule has 5 nitrogen and oxygen atoms in total. The summed E-state index contributed by atoms with van der Waals surface area (Å²) in [4.78, 5) is 14.6. The van der Waals surface area contributed by atoms with E-state index in [4.69, 9.17) is 0 Å². The van der Waals surface area contributed by atoms with Crippen molar-refractivity contribution in [3.63, 3.8) is 0 Å². The molecule has 1 heterocycles. The predicted octanol–water partition coefficient (Wildman–Crippen LogP) is 0.637. The third-order valence-electron chi connectivity index (χ3n) is 1.59. The van der Waals surface area contributed by atoms with Crippen molar-refractivity contribution in [3.8, 4) is 0 Å². The lowest BCUT2D eigenvalue weighted by Crippen LogP contribution is -2.39. The molecule has 0 aliphatic rings. The van der Waals surface area contributed by atoms with Crippen LogP contribution in [0.2, 0.25) is 0 Å². The summed E-state index contributed by atoms with van der Waals surface area (Å²) in [7, 11) is 0. The Balaban J connectivity index is 2.58. The number of halogens is 2. The van der Waals surface area contributed by atoms with E-state index in [0.29, 0.717) is 12.7 Å². The van der Waals surface area contributed by atoms with E-state index in [1.54, 1.807) is 0 Å². The summed E-state index contributed by atoms with van der Waals surface area (Å²) in [6, 6.07) is -0.615. The Morgan fingerprint density at radius 2 is 2.36 bits per heavy atom. The lowest BCUT2D eigenvalue weighted by atomic mass is 10.3. The number of rotatable bonds is 3. The normalized spacial score (nSPS) is 13.7. The van der Waals surface area contributed by atoms with E-state index in [0.717, 1.165) is 0 Å². The lowest BCUT2D eigenvalue weighted by Gasteiger charge is -2.14. The van der Waals surface area contributed by atoms with Crippen molar-refractivity contribution in [2.45, 2.75) is 25.8 Å². The lowest BCUT2D eigenvalue weighted by molar-refractivity contribution is -0.143. The van der Waals surface area contributed by atoms with Gasteiger partial charge >= 0.3 is 5.92 Å². The van der Waals surface area contributed by atoms with Crippen LogP contribution in [0, 0.1) is 0 Å². The monoisotopic (exact) mass is 204 g/mol. The zero-order valence-corrected chi connectivity index (χ0v) is 7.71. The fourth-order valence-corrected chi connectivity index (χ4v) is 0.815. The predicted molar refractivity (Wildman–Crippen MR) is 43.6 cm³/mol. The van der Waals surface area contributed by atoms with Crippen molar-refractivity contribution in [3.05, 3.63) is 12.2 Å². The number of H-pyrrole nitrogens is 1. The van der Waals surface area contributed by atoms with Gasteiger partial charge in [0.2, 0.25) is 0 Å². The summed E-state index contributed by atoms with van der Waals surface area (Å²) in [6.07, 6.45) is 1.24. The van der Waals surface area contributed by atoms with Gasteiger partial charge in [-0.15, -0.1) is 0 Å². The SMILES string of the molecule is CC(NC(=O)C(C)(F)F)c1ncn[nH]1. The highest BCUT2D eigenvalue weighted by atomic mass is 19.3. The number of aromatic amines is 1. The van der Waals surface area contributed by atoms with Crippen molar-refractivity contribution in [1.82, 2.24) is 20.5 Å². The molecule has 1 aromatic rings. The molecule has 14 heavy (non-hydrogen) atoms. The Morgan fingerprint density at radius 1 is 1.71 bits per heavy atom. The van der Waals surface area contributed by atoms with Crippen LogP contribution in [0.15, 0.2) is 6.33 Å². The van der Waals surface area contributed by atoms with Crippen LogP contribution in [0.25, 0.3) is 0 Å². The van der Waals surface area contributed by atoms with Crippen LogP contribution in [0.4, 0.5) is 8.78 Å². The number of carbonyl (C=O) groups excluding carboxylic acids is 1. The van der Waals surface area contributed by atoms with Crippen molar-refractivity contribution in [2.75, 3.05) is 0 Å². The molecule has 7 heteroatoms. The Morgan fingerprint density at radius 3 is 2.79 bits per heavy atom. The molecule has 2 N–H and O–H groups in total. The fourth-order valence-electron chi connectivity index (χ4n) is 0.815. The number of nitrogens with zero attached hydrogens (tertiary/aromatic N) is 2. The van der Waals surface area contributed by atoms with Gasteiger partial charge in [0.1, 0.15) is 12.2 Å². The largest absolute Gasteiger partial charge is 0.341 e. The van der Waals surface area contributed by atoms with Crippen LogP contribution in [0.3, 0.4) is 0 Å². The van der Waals surface area contributed by atoms with Crippen LogP contribution in [-0.4, -0.2) is 27.0 Å². The van der Waals surface area contributed by atoms with Crippen molar-refractivity contribution < 1.29 is 13.6 Å². The maximum atomic E-state index is 12.5. The highest BCUT2D eigenvalue weighted by Crippen LogP contribution is 2.14. The first-order chi connectivity index (χ1) is 6.41. The number of amides is 1. The van der Waals surface area contributed by atoms with E-state index in [9.17, 15) is 13.6 Å². The Bertz CT molecular complexity index is 306. The van der Waals surface area contributed by atoms with E-state index < -0.39 is 17.9 Å². The molecule has 1 atom stereocenters. The van der Waals surface area contributed by atoms with Crippen LogP contribution in [0.1, 0.15) is 25.7 Å². The maximum Gasteiger partial charge on any atom is 0.321 e. The molecule has 1 unspecified atom stereocenters. The van der Waals surface area contributed by atoms with Gasteiger partial charge in [-0.05, 0) is 6.92 Å². The van der Waals surface area contributed by atoms with Gasteiger partial charge in [-0.2, -0.15) is 13.9 Å². The molecule has 0 saturated carbocycles. The summed E-state index contributed by atoms with van der Waals surface area (Å²) >= 11 is 0. The first-order valence-corrected chi connectivity index (χ1v) is 3.95. The van der Waals surface area contributed by atoms with Gasteiger partial charge < -0.3 is 5.32 Å². The van der Waals surface area contributed by atoms with E-state index in [-0.39, 0.29) is 0 Å². The second kappa shape index (κ2) is 3.69. The zero-order chi connectivity index (χ0) is 10.8. The van der Waals surface area contributed by atoms with Gasteiger partial charge in [0.15, 0.2) is 0 Å². The average molecular weight is 204 g/mol. The second-order valence-electron chi connectivity index (χ2n) is 2.95. The number of hydrogen-bond donors (Lipinski definition) is 2. The number of aromatic nitrogens is 3. The average Bonchev–Trinajstić information content (AvgIpc) is 2.53. The third-order valence-corrected chi connectivity index (χ3v) is 1.59. The van der Waals surface area contributed by atoms with Crippen molar-refractivity contribution in [1.29, 1.82) is 0 Å². The van der Waals surface area contributed by atoms with Crippen LogP contribution in [-0.2, 0) is 4.79 Å². The molecule has 0 fully saturated rings. The Labute approximate surface area is 78.9 Å². The molecule has 1 aromatic heterocycles. The molecule has 1 rings (SSSR count). The van der Waals surface area contributed by atoms with E-state index >= 15 is 0 Å². The standard InChI is InChI=1S/C7H10F2N4O/c1-4(5-10-3-11-13-5)12-6(14)7(2,8)9/h3-4H,1-2H3,(H,12,14)(H,10,11,13). The van der Waals surface area contributed by atoms with E-state index in [2.05, 4.69) is 20.5 Å². The molecular weight excluding hydrogens is 194 g/mol. The molecule has 78 valence electrons. The minimum atomic E-state index is -3.38. The number of nitrogens with one attached hydrogen (secondary N) is 2. The van der Waals surface area contributed by atoms with Gasteiger partial charge in [-0.25, -0.2) is 4.98 Å². The number of carbonyl (C=O) groups is 1. The maximum absolute atomic E-state index is 12.5. The minimum Gasteiger partial charge on any atom is -0.341 e. The van der Waals surface area contributed by atoms with Gasteiger partial charge in [0.05, 0.1) is 6.04 Å². The van der Waals surface area contributed by atoms with E-state index in [1.807, 2.05) is 0 Å². The second-order valence-corrected chi connectivity index (χ2v) is 2.95. The highest BCUT2D eigenvalue weighted by Gasteiger charge is 2.33. The minimum absolute atomic E-state index is 0.336. The molecular formula is C7H10F2N4O. The first-order valence-electron chi connectivity index (χ1n) is 3.95. The number of alkyl halides is 2. The molecule has 1 amide bonds. The van der Waals surface area contributed by atoms with Gasteiger partial charge in [-0.3, -0.25) is 9.89 Å².